The first-order valence-electron chi connectivity index (χ1n) is 19.1. The number of quaternary nitrogens is 1. The fourth-order valence-electron chi connectivity index (χ4n) is 4.99. The Morgan fingerprint density at radius 1 is 0.660 bits per heavy atom. The number of rotatable bonds is 35. The summed E-state index contributed by atoms with van der Waals surface area (Å²) in [5, 5.41) is 0. The second kappa shape index (κ2) is 32.2. The van der Waals surface area contributed by atoms with Crippen molar-refractivity contribution in [2.75, 3.05) is 54.1 Å². The molecule has 2 unspecified atom stereocenters. The van der Waals surface area contributed by atoms with Crippen LogP contribution in [0.2, 0.25) is 0 Å². The molecule has 0 aromatic carbocycles. The van der Waals surface area contributed by atoms with Crippen LogP contribution in [0.15, 0.2) is 24.3 Å². The normalized spacial score (nSPS) is 14.3. The first kappa shape index (κ1) is 46.0. The fourth-order valence-corrected chi connectivity index (χ4v) is 5.73. The molecule has 0 aliphatic heterocycles. The summed E-state index contributed by atoms with van der Waals surface area (Å²) in [5.41, 5.74) is 0. The molecule has 0 radical (unpaired) electrons. The number of phosphoric ester groups is 1. The van der Waals surface area contributed by atoms with Gasteiger partial charge in [0.15, 0.2) is 0 Å². The molecule has 0 rings (SSSR count). The lowest BCUT2D eigenvalue weighted by molar-refractivity contribution is -0.870. The highest BCUT2D eigenvalue weighted by Gasteiger charge is 2.26. The summed E-state index contributed by atoms with van der Waals surface area (Å²) in [7, 11) is 1.66. The zero-order valence-electron chi connectivity index (χ0n) is 31.3. The van der Waals surface area contributed by atoms with E-state index in [0.717, 1.165) is 44.9 Å². The maximum Gasteiger partial charge on any atom is 0.472 e. The lowest BCUT2D eigenvalue weighted by atomic mass is 10.1. The molecule has 0 aromatic rings. The summed E-state index contributed by atoms with van der Waals surface area (Å²) in [6.45, 7) is 5.56. The largest absolute Gasteiger partial charge is 0.472 e. The summed E-state index contributed by atoms with van der Waals surface area (Å²) in [4.78, 5) is 22.7. The highest BCUT2D eigenvalue weighted by atomic mass is 31.2. The van der Waals surface area contributed by atoms with E-state index in [0.29, 0.717) is 24.1 Å². The molecule has 0 aromatic heterocycles. The van der Waals surface area contributed by atoms with Gasteiger partial charge in [0, 0.05) is 13.0 Å². The number of ether oxygens (including phenoxy) is 2. The van der Waals surface area contributed by atoms with Crippen molar-refractivity contribution in [3.8, 4) is 0 Å². The molecule has 0 aliphatic rings. The Morgan fingerprint density at radius 2 is 1.17 bits per heavy atom. The van der Waals surface area contributed by atoms with Crippen molar-refractivity contribution in [3.05, 3.63) is 24.3 Å². The SMILES string of the molecule is CCCCC/C=C\C/C=C\CCCCCCCCCC(=O)OC(COCCCCCCCCCC)COP(=O)(O)OCC[N+](C)(C)C. The number of hydrogen-bond donors (Lipinski definition) is 1. The lowest BCUT2D eigenvalue weighted by Crippen LogP contribution is -2.37. The smallest absolute Gasteiger partial charge is 0.457 e. The molecule has 0 amide bonds. The Labute approximate surface area is 290 Å². The van der Waals surface area contributed by atoms with Crippen LogP contribution < -0.4 is 0 Å². The van der Waals surface area contributed by atoms with E-state index in [9.17, 15) is 14.3 Å². The van der Waals surface area contributed by atoms with Gasteiger partial charge in [0.25, 0.3) is 0 Å². The predicted octanol–water partition coefficient (Wildman–Crippen LogP) is 10.5. The average molecular weight is 689 g/mol. The number of hydrogen-bond acceptors (Lipinski definition) is 6. The van der Waals surface area contributed by atoms with Gasteiger partial charge in [0.1, 0.15) is 19.3 Å². The van der Waals surface area contributed by atoms with Gasteiger partial charge >= 0.3 is 13.8 Å². The van der Waals surface area contributed by atoms with E-state index in [-0.39, 0.29) is 25.8 Å². The summed E-state index contributed by atoms with van der Waals surface area (Å²) >= 11 is 0. The highest BCUT2D eigenvalue weighted by Crippen LogP contribution is 2.43. The number of nitrogens with zero attached hydrogens (tertiary/aromatic N) is 1. The molecule has 0 spiro atoms. The van der Waals surface area contributed by atoms with Crippen molar-refractivity contribution in [3.63, 3.8) is 0 Å². The quantitative estimate of drug-likeness (QED) is 0.0233. The molecule has 47 heavy (non-hydrogen) atoms. The average Bonchev–Trinajstić information content (AvgIpc) is 3.01. The first-order valence-corrected chi connectivity index (χ1v) is 20.6. The molecular weight excluding hydrogens is 613 g/mol. The molecule has 8 nitrogen and oxygen atoms in total. The van der Waals surface area contributed by atoms with Crippen molar-refractivity contribution >= 4 is 13.8 Å². The molecule has 9 heteroatoms. The van der Waals surface area contributed by atoms with E-state index in [4.69, 9.17) is 18.5 Å². The van der Waals surface area contributed by atoms with E-state index < -0.39 is 13.9 Å². The number of carbonyl (C=O) groups excluding carboxylic acids is 1. The molecule has 2 atom stereocenters. The number of phosphoric acid groups is 1. The van der Waals surface area contributed by atoms with E-state index in [1.807, 2.05) is 21.1 Å². The van der Waals surface area contributed by atoms with Gasteiger partial charge in [-0.3, -0.25) is 13.8 Å². The molecule has 0 aliphatic carbocycles. The third-order valence-corrected chi connectivity index (χ3v) is 9.00. The molecule has 0 saturated heterocycles. The molecule has 0 saturated carbocycles. The van der Waals surface area contributed by atoms with Gasteiger partial charge in [-0.25, -0.2) is 4.57 Å². The third kappa shape index (κ3) is 36.1. The summed E-state index contributed by atoms with van der Waals surface area (Å²) in [5.74, 6) is -0.324. The molecule has 0 fully saturated rings. The first-order chi connectivity index (χ1) is 22.6. The van der Waals surface area contributed by atoms with Crippen LogP contribution in [0, 0.1) is 0 Å². The minimum atomic E-state index is -4.26. The van der Waals surface area contributed by atoms with Gasteiger partial charge in [0.2, 0.25) is 0 Å². The predicted molar refractivity (Wildman–Crippen MR) is 197 cm³/mol. The fraction of sp³-hybridized carbons (Fsp3) is 0.868. The van der Waals surface area contributed by atoms with Crippen LogP contribution in [0.1, 0.15) is 155 Å². The number of allylic oxidation sites excluding steroid dienone is 4. The zero-order chi connectivity index (χ0) is 34.9. The summed E-state index contributed by atoms with van der Waals surface area (Å²) in [6.07, 6.45) is 33.5. The van der Waals surface area contributed by atoms with Crippen LogP contribution in [0.25, 0.3) is 0 Å². The maximum atomic E-state index is 12.6. The van der Waals surface area contributed by atoms with E-state index in [1.54, 1.807) is 0 Å². The van der Waals surface area contributed by atoms with Crippen LogP contribution in [0.4, 0.5) is 0 Å². The number of unbranched alkanes of at least 4 members (excludes halogenated alkanes) is 17. The maximum absolute atomic E-state index is 12.6. The number of esters is 1. The van der Waals surface area contributed by atoms with Gasteiger partial charge in [-0.15, -0.1) is 0 Å². The standard InChI is InChI=1S/C38H74NO7P/c1-6-8-10-12-14-16-17-18-19-20-21-22-23-24-25-27-29-31-38(40)46-37(35-43-33-30-28-26-15-13-11-9-7-2)36-45-47(41,42)44-34-32-39(3,4)5/h14,16,18-19,37H,6-13,15,17,20-36H2,1-5H3/p+1/b16-14-,19-18-. The molecule has 1 N–H and O–H groups in total. The van der Waals surface area contributed by atoms with Gasteiger partial charge < -0.3 is 18.9 Å². The van der Waals surface area contributed by atoms with E-state index in [2.05, 4.69) is 38.2 Å². The zero-order valence-corrected chi connectivity index (χ0v) is 32.2. The minimum Gasteiger partial charge on any atom is -0.457 e. The van der Waals surface area contributed by atoms with E-state index in [1.165, 1.54) is 89.9 Å². The Balaban J connectivity index is 4.24. The Morgan fingerprint density at radius 3 is 1.77 bits per heavy atom. The minimum absolute atomic E-state index is 0.0881. The topological polar surface area (TPSA) is 91.3 Å². The van der Waals surface area contributed by atoms with Crippen molar-refractivity contribution in [2.24, 2.45) is 0 Å². The summed E-state index contributed by atoms with van der Waals surface area (Å²) in [6, 6.07) is 0. The van der Waals surface area contributed by atoms with Gasteiger partial charge in [0.05, 0.1) is 34.4 Å². The van der Waals surface area contributed by atoms with Crippen LogP contribution in [-0.2, 0) is 27.9 Å². The van der Waals surface area contributed by atoms with Gasteiger partial charge in [-0.2, -0.15) is 0 Å². The van der Waals surface area contributed by atoms with Gasteiger partial charge in [-0.1, -0.05) is 128 Å². The Kier molecular flexibility index (Phi) is 31.5. The van der Waals surface area contributed by atoms with Crippen molar-refractivity contribution in [2.45, 2.75) is 161 Å². The lowest BCUT2D eigenvalue weighted by Gasteiger charge is -2.24. The highest BCUT2D eigenvalue weighted by molar-refractivity contribution is 7.47. The monoisotopic (exact) mass is 689 g/mol. The Bertz CT molecular complexity index is 812. The van der Waals surface area contributed by atoms with Crippen LogP contribution >= 0.6 is 7.82 Å². The molecule has 278 valence electrons. The van der Waals surface area contributed by atoms with E-state index >= 15 is 0 Å². The second-order valence-corrected chi connectivity index (χ2v) is 15.4. The molecule has 0 heterocycles. The third-order valence-electron chi connectivity index (χ3n) is 8.02. The number of carbonyl (C=O) groups is 1. The van der Waals surface area contributed by atoms with Crippen molar-refractivity contribution < 1.29 is 37.3 Å². The van der Waals surface area contributed by atoms with Crippen molar-refractivity contribution in [1.29, 1.82) is 0 Å². The van der Waals surface area contributed by atoms with Crippen LogP contribution in [0.5, 0.6) is 0 Å². The molecular formula is C38H75NO7P+. The summed E-state index contributed by atoms with van der Waals surface area (Å²) < 4.78 is 34.7. The number of likely N-dealkylation sites (N-methyl/N-ethyl adjacent to an activating group) is 1. The van der Waals surface area contributed by atoms with Crippen LogP contribution in [0.3, 0.4) is 0 Å². The van der Waals surface area contributed by atoms with Crippen LogP contribution in [-0.4, -0.2) is 75.6 Å². The Hall–Kier alpha value is -1.02. The van der Waals surface area contributed by atoms with Gasteiger partial charge in [-0.05, 0) is 44.9 Å². The second-order valence-electron chi connectivity index (χ2n) is 14.0. The molecule has 0 bridgehead atoms. The van der Waals surface area contributed by atoms with Crippen molar-refractivity contribution in [1.82, 2.24) is 0 Å².